The Kier molecular flexibility index (Phi) is 6.59. The first-order chi connectivity index (χ1) is 17.9. The summed E-state index contributed by atoms with van der Waals surface area (Å²) in [6, 6.07) is 11.7. The van der Waals surface area contributed by atoms with Gasteiger partial charge in [0.15, 0.2) is 0 Å². The lowest BCUT2D eigenvalue weighted by Crippen LogP contribution is -2.25. The van der Waals surface area contributed by atoms with E-state index in [1.165, 1.54) is 0 Å². The van der Waals surface area contributed by atoms with Gasteiger partial charge in [-0.3, -0.25) is 29.1 Å². The van der Waals surface area contributed by atoms with Crippen LogP contribution < -0.4 is 5.32 Å². The van der Waals surface area contributed by atoms with Gasteiger partial charge in [0, 0.05) is 41.8 Å². The first kappa shape index (κ1) is 24.1. The first-order valence-electron chi connectivity index (χ1n) is 12.0. The number of aryl methyl sites for hydroxylation is 3. The van der Waals surface area contributed by atoms with Gasteiger partial charge < -0.3 is 5.32 Å². The lowest BCUT2D eigenvalue weighted by atomic mass is 10.1. The van der Waals surface area contributed by atoms with Crippen LogP contribution in [-0.2, 0) is 18.4 Å². The Bertz CT molecular complexity index is 1620. The van der Waals surface area contributed by atoms with E-state index < -0.39 is 0 Å². The predicted octanol–water partition coefficient (Wildman–Crippen LogP) is 4.28. The molecule has 1 aromatic carbocycles. The van der Waals surface area contributed by atoms with Crippen molar-refractivity contribution in [1.29, 1.82) is 0 Å². The number of hydrogen-bond acceptors (Lipinski definition) is 6. The van der Waals surface area contributed by atoms with Crippen molar-refractivity contribution in [2.24, 2.45) is 17.0 Å². The number of pyridine rings is 1. The van der Waals surface area contributed by atoms with Crippen molar-refractivity contribution in [3.63, 3.8) is 0 Å². The van der Waals surface area contributed by atoms with E-state index in [-0.39, 0.29) is 12.5 Å². The largest absolute Gasteiger partial charge is 0.320 e. The van der Waals surface area contributed by atoms with Crippen LogP contribution in [0.5, 0.6) is 0 Å². The van der Waals surface area contributed by atoms with Crippen molar-refractivity contribution in [2.75, 3.05) is 11.9 Å². The number of carbonyl (C=O) groups is 1. The SMILES string of the molecule is CC1=N\C/C(C(=O)Nc2cccc3c2c(C)nn3Cc2cccc(C)n2)=N/C=C/C(c2cnn(C)c2)=C\1. The van der Waals surface area contributed by atoms with Gasteiger partial charge in [-0.05, 0) is 62.8 Å². The first-order valence-corrected chi connectivity index (χ1v) is 12.0. The number of hydrogen-bond donors (Lipinski definition) is 1. The van der Waals surface area contributed by atoms with Crippen molar-refractivity contribution in [3.05, 3.63) is 89.8 Å². The molecule has 0 saturated carbocycles. The quantitative estimate of drug-likeness (QED) is 0.449. The topological polar surface area (TPSA) is 102 Å². The zero-order valence-corrected chi connectivity index (χ0v) is 21.3. The molecule has 0 spiro atoms. The molecule has 1 amide bonds. The third-order valence-corrected chi connectivity index (χ3v) is 6.09. The highest BCUT2D eigenvalue weighted by atomic mass is 16.1. The van der Waals surface area contributed by atoms with Crippen molar-refractivity contribution >= 4 is 39.5 Å². The van der Waals surface area contributed by atoms with Gasteiger partial charge in [-0.25, -0.2) is 0 Å². The van der Waals surface area contributed by atoms with Crippen LogP contribution in [0.25, 0.3) is 16.5 Å². The van der Waals surface area contributed by atoms with Gasteiger partial charge in [0.25, 0.3) is 5.91 Å². The molecule has 4 heterocycles. The standard InChI is InChI=1S/C28H28N8O/c1-18-7-5-8-23(32-18)17-36-26-10-6-9-24(27(26)20(3)34-36)33-28(37)25-15-30-19(2)13-21(11-12-29-25)22-14-31-35(4)16-22/h5-14,16H,15,17H2,1-4H3,(H,33,37)/b12-11+,21-13+,29-25-,30-19+. The van der Waals surface area contributed by atoms with Crippen LogP contribution in [0, 0.1) is 13.8 Å². The molecule has 4 aromatic rings. The Morgan fingerprint density at radius 3 is 2.73 bits per heavy atom. The number of carbonyl (C=O) groups excluding carboxylic acids is 1. The molecule has 0 unspecified atom stereocenters. The number of anilines is 1. The Morgan fingerprint density at radius 2 is 1.95 bits per heavy atom. The summed E-state index contributed by atoms with van der Waals surface area (Å²) in [6.07, 6.45) is 9.18. The van der Waals surface area contributed by atoms with Gasteiger partial charge in [-0.15, -0.1) is 0 Å². The second kappa shape index (κ2) is 10.1. The van der Waals surface area contributed by atoms with E-state index in [9.17, 15) is 4.79 Å². The summed E-state index contributed by atoms with van der Waals surface area (Å²) in [6.45, 7) is 6.54. The van der Waals surface area contributed by atoms with E-state index >= 15 is 0 Å². The Labute approximate surface area is 215 Å². The molecule has 0 bridgehead atoms. The minimum absolute atomic E-state index is 0.173. The minimum atomic E-state index is -0.300. The molecular weight excluding hydrogens is 464 g/mol. The number of amides is 1. The predicted molar refractivity (Wildman–Crippen MR) is 147 cm³/mol. The van der Waals surface area contributed by atoms with E-state index in [2.05, 4.69) is 25.4 Å². The van der Waals surface area contributed by atoms with Crippen molar-refractivity contribution in [2.45, 2.75) is 27.3 Å². The van der Waals surface area contributed by atoms with Gasteiger partial charge in [-0.2, -0.15) is 10.2 Å². The highest BCUT2D eigenvalue weighted by Crippen LogP contribution is 2.27. The zero-order chi connectivity index (χ0) is 25.9. The molecule has 1 N–H and O–H groups in total. The normalized spacial score (nSPS) is 19.0. The molecule has 9 nitrogen and oxygen atoms in total. The number of aromatic nitrogens is 5. The fourth-order valence-corrected chi connectivity index (χ4v) is 4.33. The van der Waals surface area contributed by atoms with E-state index in [4.69, 9.17) is 5.10 Å². The summed E-state index contributed by atoms with van der Waals surface area (Å²) in [7, 11) is 1.87. The molecule has 0 radical (unpaired) electrons. The number of rotatable bonds is 5. The lowest BCUT2D eigenvalue weighted by Gasteiger charge is -2.09. The maximum atomic E-state index is 13.3. The van der Waals surface area contributed by atoms with Crippen LogP contribution in [0.1, 0.15) is 29.6 Å². The third-order valence-electron chi connectivity index (χ3n) is 6.09. The molecule has 9 heteroatoms. The molecule has 1 aliphatic heterocycles. The summed E-state index contributed by atoms with van der Waals surface area (Å²) in [5.74, 6) is -0.300. The van der Waals surface area contributed by atoms with Crippen LogP contribution in [-0.4, -0.2) is 48.4 Å². The average Bonchev–Trinajstić information content (AvgIpc) is 3.45. The van der Waals surface area contributed by atoms with E-state index in [1.807, 2.05) is 87.2 Å². The molecule has 1 aliphatic rings. The van der Waals surface area contributed by atoms with Crippen LogP contribution in [0.4, 0.5) is 5.69 Å². The van der Waals surface area contributed by atoms with Crippen LogP contribution in [0.15, 0.2) is 77.1 Å². The number of benzene rings is 1. The minimum Gasteiger partial charge on any atom is -0.320 e. The maximum absolute atomic E-state index is 13.3. The molecule has 0 saturated heterocycles. The smallest absolute Gasteiger partial charge is 0.272 e. The van der Waals surface area contributed by atoms with Crippen LogP contribution in [0.2, 0.25) is 0 Å². The number of nitrogens with one attached hydrogen (secondary N) is 1. The maximum Gasteiger partial charge on any atom is 0.272 e. The van der Waals surface area contributed by atoms with E-state index in [0.717, 1.165) is 44.8 Å². The number of aliphatic imine (C=N–C) groups is 2. The summed E-state index contributed by atoms with van der Waals surface area (Å²) in [4.78, 5) is 26.9. The van der Waals surface area contributed by atoms with Gasteiger partial charge in [-0.1, -0.05) is 12.1 Å². The van der Waals surface area contributed by atoms with E-state index in [0.29, 0.717) is 17.9 Å². The molecule has 0 atom stereocenters. The summed E-state index contributed by atoms with van der Waals surface area (Å²) in [5, 5.41) is 12.9. The summed E-state index contributed by atoms with van der Waals surface area (Å²) < 4.78 is 3.66. The number of nitrogens with zero attached hydrogens (tertiary/aromatic N) is 7. The van der Waals surface area contributed by atoms with Gasteiger partial charge in [0.05, 0.1) is 41.9 Å². The summed E-state index contributed by atoms with van der Waals surface area (Å²) >= 11 is 0. The zero-order valence-electron chi connectivity index (χ0n) is 21.3. The van der Waals surface area contributed by atoms with Crippen LogP contribution >= 0.6 is 0 Å². The van der Waals surface area contributed by atoms with Gasteiger partial charge >= 0.3 is 0 Å². The van der Waals surface area contributed by atoms with Gasteiger partial charge in [0.1, 0.15) is 5.71 Å². The molecule has 0 fully saturated rings. The summed E-state index contributed by atoms with van der Waals surface area (Å²) in [5.41, 5.74) is 7.33. The van der Waals surface area contributed by atoms with Crippen molar-refractivity contribution < 1.29 is 4.79 Å². The molecule has 3 aromatic heterocycles. The monoisotopic (exact) mass is 492 g/mol. The fourth-order valence-electron chi connectivity index (χ4n) is 4.33. The Hall–Kier alpha value is -4.66. The fraction of sp³-hybridized carbons (Fsp3) is 0.214. The molecule has 5 rings (SSSR count). The third kappa shape index (κ3) is 5.30. The van der Waals surface area contributed by atoms with Gasteiger partial charge in [0.2, 0.25) is 0 Å². The highest BCUT2D eigenvalue weighted by molar-refractivity contribution is 6.44. The average molecular weight is 493 g/mol. The second-order valence-electron chi connectivity index (χ2n) is 9.02. The molecule has 186 valence electrons. The van der Waals surface area contributed by atoms with Crippen molar-refractivity contribution in [1.82, 2.24) is 24.5 Å². The Morgan fingerprint density at radius 1 is 1.11 bits per heavy atom. The number of allylic oxidation sites excluding steroid dienone is 3. The Balaban J connectivity index is 1.41. The molecule has 37 heavy (non-hydrogen) atoms. The van der Waals surface area contributed by atoms with Crippen LogP contribution in [0.3, 0.4) is 0 Å². The van der Waals surface area contributed by atoms with Crippen molar-refractivity contribution in [3.8, 4) is 0 Å². The van der Waals surface area contributed by atoms with E-state index in [1.54, 1.807) is 17.1 Å². The lowest BCUT2D eigenvalue weighted by molar-refractivity contribution is -0.110. The number of fused-ring (bicyclic) bond motifs is 1. The highest BCUT2D eigenvalue weighted by Gasteiger charge is 2.17. The molecular formula is C28H28N8O. The molecule has 0 aliphatic carbocycles. The second-order valence-corrected chi connectivity index (χ2v) is 9.02.